The van der Waals surface area contributed by atoms with Crippen molar-refractivity contribution in [2.45, 2.75) is 25.9 Å². The maximum absolute atomic E-state index is 13.4. The number of nitrogens with one attached hydrogen (secondary N) is 2. The average molecular weight is 400 g/mol. The minimum absolute atomic E-state index is 0.133. The largest absolute Gasteiger partial charge is 0.324 e. The van der Waals surface area contributed by atoms with Crippen LogP contribution in [0.2, 0.25) is 10.0 Å². The number of nitrogens with zero attached hydrogens (tertiary/aromatic N) is 1. The molecule has 0 saturated carbocycles. The van der Waals surface area contributed by atoms with E-state index in [1.165, 1.54) is 6.07 Å². The number of hydrogen-bond acceptors (Lipinski definition) is 4. The molecule has 0 saturated heterocycles. The van der Waals surface area contributed by atoms with E-state index in [-0.39, 0.29) is 11.7 Å². The van der Waals surface area contributed by atoms with Gasteiger partial charge in [-0.1, -0.05) is 29.3 Å². The van der Waals surface area contributed by atoms with Crippen molar-refractivity contribution in [3.8, 4) is 0 Å². The zero-order valence-electron chi connectivity index (χ0n) is 13.9. The van der Waals surface area contributed by atoms with Crippen LogP contribution in [0.4, 0.5) is 15.8 Å². The second-order valence-electron chi connectivity index (χ2n) is 5.69. The molecule has 2 rings (SSSR count). The third kappa shape index (κ3) is 4.91. The van der Waals surface area contributed by atoms with Crippen LogP contribution in [0, 0.1) is 15.9 Å². The van der Waals surface area contributed by atoms with E-state index in [0.717, 1.165) is 17.7 Å². The molecule has 0 spiro atoms. The molecular weight excluding hydrogens is 384 g/mol. The van der Waals surface area contributed by atoms with Crippen molar-refractivity contribution in [3.63, 3.8) is 0 Å². The first-order valence-electron chi connectivity index (χ1n) is 7.65. The average Bonchev–Trinajstić information content (AvgIpc) is 2.55. The molecular formula is C17H16Cl2FN3O3. The highest BCUT2D eigenvalue weighted by atomic mass is 35.5. The van der Waals surface area contributed by atoms with Crippen LogP contribution in [-0.4, -0.2) is 16.9 Å². The zero-order chi connectivity index (χ0) is 19.4. The third-order valence-corrected chi connectivity index (χ3v) is 4.30. The molecule has 0 aliphatic carbocycles. The summed E-state index contributed by atoms with van der Waals surface area (Å²) in [6.07, 6.45) is 0. The number of amides is 1. The Bertz CT molecular complexity index is 848. The Morgan fingerprint density at radius 1 is 1.19 bits per heavy atom. The fourth-order valence-electron chi connectivity index (χ4n) is 2.37. The first-order valence-corrected chi connectivity index (χ1v) is 8.40. The lowest BCUT2D eigenvalue weighted by Gasteiger charge is -2.21. The Hall–Kier alpha value is -2.22. The summed E-state index contributed by atoms with van der Waals surface area (Å²) >= 11 is 12.0. The first kappa shape index (κ1) is 20.1. The lowest BCUT2D eigenvalue weighted by Crippen LogP contribution is -2.39. The Labute approximate surface area is 159 Å². The molecule has 6 nitrogen and oxygen atoms in total. The fraction of sp³-hybridized carbons (Fsp3) is 0.235. The molecule has 2 aromatic rings. The molecule has 0 bridgehead atoms. The maximum Gasteiger partial charge on any atom is 0.306 e. The molecule has 0 aliphatic rings. The summed E-state index contributed by atoms with van der Waals surface area (Å²) in [5, 5.41) is 17.3. The van der Waals surface area contributed by atoms with Gasteiger partial charge in [0.05, 0.1) is 11.0 Å². The molecule has 0 fully saturated rings. The highest BCUT2D eigenvalue weighted by Crippen LogP contribution is 2.26. The number of rotatable bonds is 6. The predicted octanol–water partition coefficient (Wildman–Crippen LogP) is 4.72. The van der Waals surface area contributed by atoms with Crippen molar-refractivity contribution in [1.82, 2.24) is 5.32 Å². The van der Waals surface area contributed by atoms with Crippen molar-refractivity contribution >= 4 is 40.5 Å². The molecule has 0 aromatic heterocycles. The van der Waals surface area contributed by atoms with E-state index < -0.39 is 28.4 Å². The quantitative estimate of drug-likeness (QED) is 0.543. The predicted molar refractivity (Wildman–Crippen MR) is 99.2 cm³/mol. The lowest BCUT2D eigenvalue weighted by atomic mass is 10.1. The zero-order valence-corrected chi connectivity index (χ0v) is 15.4. The third-order valence-electron chi connectivity index (χ3n) is 3.73. The number of anilines is 1. The summed E-state index contributed by atoms with van der Waals surface area (Å²) in [4.78, 5) is 22.2. The van der Waals surface area contributed by atoms with Crippen LogP contribution in [-0.2, 0) is 4.79 Å². The van der Waals surface area contributed by atoms with E-state index in [9.17, 15) is 19.3 Å². The second-order valence-corrected chi connectivity index (χ2v) is 6.53. The normalized spacial score (nSPS) is 13.1. The molecule has 2 N–H and O–H groups in total. The van der Waals surface area contributed by atoms with Crippen molar-refractivity contribution < 1.29 is 14.1 Å². The molecule has 0 radical (unpaired) electrons. The van der Waals surface area contributed by atoms with Crippen molar-refractivity contribution in [2.75, 3.05) is 5.32 Å². The van der Waals surface area contributed by atoms with Gasteiger partial charge in [0.25, 0.3) is 0 Å². The van der Waals surface area contributed by atoms with Crippen molar-refractivity contribution in [3.05, 3.63) is 67.9 Å². The number of carbonyl (C=O) groups excluding carboxylic acids is 1. The summed E-state index contributed by atoms with van der Waals surface area (Å²) in [5.41, 5.74) is 0.201. The smallest absolute Gasteiger partial charge is 0.306 e. The van der Waals surface area contributed by atoms with Gasteiger partial charge in [-0.25, -0.2) is 0 Å². The van der Waals surface area contributed by atoms with Gasteiger partial charge in [0.2, 0.25) is 11.7 Å². The molecule has 0 heterocycles. The van der Waals surface area contributed by atoms with Crippen LogP contribution < -0.4 is 10.6 Å². The molecule has 138 valence electrons. The minimum atomic E-state index is -0.967. The van der Waals surface area contributed by atoms with Gasteiger partial charge in [0.15, 0.2) is 0 Å². The Kier molecular flexibility index (Phi) is 6.52. The summed E-state index contributed by atoms with van der Waals surface area (Å²) < 4.78 is 13.4. The van der Waals surface area contributed by atoms with Crippen LogP contribution in [0.15, 0.2) is 36.4 Å². The van der Waals surface area contributed by atoms with Gasteiger partial charge >= 0.3 is 5.69 Å². The highest BCUT2D eigenvalue weighted by Gasteiger charge is 2.20. The maximum atomic E-state index is 13.4. The number of benzene rings is 2. The number of nitro benzene ring substituents is 1. The van der Waals surface area contributed by atoms with E-state index in [2.05, 4.69) is 10.6 Å². The van der Waals surface area contributed by atoms with Crippen LogP contribution >= 0.6 is 23.2 Å². The summed E-state index contributed by atoms with van der Waals surface area (Å²) in [7, 11) is 0. The van der Waals surface area contributed by atoms with Crippen LogP contribution in [0.5, 0.6) is 0 Å². The molecule has 2 aromatic carbocycles. The Balaban J connectivity index is 2.05. The second kappa shape index (κ2) is 8.44. The summed E-state index contributed by atoms with van der Waals surface area (Å²) in [5.74, 6) is -1.40. The molecule has 2 atom stereocenters. The van der Waals surface area contributed by atoms with Gasteiger partial charge in [0, 0.05) is 27.8 Å². The van der Waals surface area contributed by atoms with Crippen molar-refractivity contribution in [1.29, 1.82) is 0 Å². The number of carbonyl (C=O) groups is 1. The molecule has 0 aliphatic heterocycles. The highest BCUT2D eigenvalue weighted by molar-refractivity contribution is 6.35. The number of nitro groups is 1. The van der Waals surface area contributed by atoms with E-state index >= 15 is 0 Å². The molecule has 9 heteroatoms. The van der Waals surface area contributed by atoms with Crippen LogP contribution in [0.25, 0.3) is 0 Å². The monoisotopic (exact) mass is 399 g/mol. The van der Waals surface area contributed by atoms with Gasteiger partial charge in [-0.2, -0.15) is 4.39 Å². The lowest BCUT2D eigenvalue weighted by molar-refractivity contribution is -0.387. The number of hydrogen-bond donors (Lipinski definition) is 2. The van der Waals surface area contributed by atoms with E-state index in [1.54, 1.807) is 25.1 Å². The topological polar surface area (TPSA) is 84.3 Å². The van der Waals surface area contributed by atoms with E-state index in [0.29, 0.717) is 10.0 Å². The Morgan fingerprint density at radius 3 is 2.50 bits per heavy atom. The van der Waals surface area contributed by atoms with Gasteiger partial charge in [-0.15, -0.1) is 0 Å². The van der Waals surface area contributed by atoms with Gasteiger partial charge in [-0.3, -0.25) is 20.2 Å². The van der Waals surface area contributed by atoms with E-state index in [1.807, 2.05) is 6.92 Å². The van der Waals surface area contributed by atoms with E-state index in [4.69, 9.17) is 23.2 Å². The number of halogens is 3. The molecule has 26 heavy (non-hydrogen) atoms. The molecule has 0 unspecified atom stereocenters. The first-order chi connectivity index (χ1) is 12.2. The summed E-state index contributed by atoms with van der Waals surface area (Å²) in [6.45, 7) is 3.47. The van der Waals surface area contributed by atoms with Crippen molar-refractivity contribution in [2.24, 2.45) is 0 Å². The minimum Gasteiger partial charge on any atom is -0.324 e. The molecule has 1 amide bonds. The van der Waals surface area contributed by atoms with Crippen LogP contribution in [0.3, 0.4) is 0 Å². The fourth-order valence-corrected chi connectivity index (χ4v) is 2.95. The van der Waals surface area contributed by atoms with Gasteiger partial charge < -0.3 is 5.32 Å². The van der Waals surface area contributed by atoms with Crippen LogP contribution in [0.1, 0.15) is 25.5 Å². The SMILES string of the molecule is C[C@H](N[C@H](C)c1ccc(Cl)cc1Cl)C(=O)Nc1ccc(F)c([N+](=O)[O-])c1. The summed E-state index contributed by atoms with van der Waals surface area (Å²) in [6, 6.07) is 7.34. The van der Waals surface area contributed by atoms with Gasteiger partial charge in [0.1, 0.15) is 0 Å². The standard InChI is InChI=1S/C17H16Cl2FN3O3/c1-9(13-5-3-11(18)7-14(13)19)21-10(2)17(24)22-12-4-6-15(20)16(8-12)23(25)26/h3-10,21H,1-2H3,(H,22,24)/t9-,10+/m1/s1. The van der Waals surface area contributed by atoms with Gasteiger partial charge in [-0.05, 0) is 43.7 Å². The Morgan fingerprint density at radius 2 is 1.88 bits per heavy atom.